The van der Waals surface area contributed by atoms with Crippen molar-refractivity contribution in [3.8, 4) is 11.5 Å². The number of amides is 1. The third kappa shape index (κ3) is 4.91. The number of nitrogens with one attached hydrogen (secondary N) is 1. The highest BCUT2D eigenvalue weighted by Crippen LogP contribution is 2.28. The zero-order valence-corrected chi connectivity index (χ0v) is 16.8. The number of nitrogens with zero attached hydrogens (tertiary/aromatic N) is 1. The van der Waals surface area contributed by atoms with Crippen molar-refractivity contribution in [2.24, 2.45) is 0 Å². The first-order valence-electron chi connectivity index (χ1n) is 8.26. The van der Waals surface area contributed by atoms with Crippen molar-refractivity contribution in [2.75, 3.05) is 30.1 Å². The Morgan fingerprint density at radius 1 is 1.11 bits per heavy atom. The highest BCUT2D eigenvalue weighted by Gasteiger charge is 2.29. The Kier molecular flexibility index (Phi) is 6.32. The normalized spacial score (nSPS) is 12.2. The number of aryl methyl sites for hydroxylation is 1. The molecule has 0 spiro atoms. The average Bonchev–Trinajstić information content (AvgIpc) is 2.61. The van der Waals surface area contributed by atoms with Gasteiger partial charge in [-0.3, -0.25) is 9.10 Å². The quantitative estimate of drug-likeness (QED) is 0.783. The van der Waals surface area contributed by atoms with Crippen LogP contribution >= 0.6 is 0 Å². The maximum atomic E-state index is 12.8. The van der Waals surface area contributed by atoms with E-state index in [9.17, 15) is 13.2 Å². The Hall–Kier alpha value is -2.74. The number of benzene rings is 2. The molecule has 2 aromatic carbocycles. The lowest BCUT2D eigenvalue weighted by atomic mass is 10.2. The Balaban J connectivity index is 2.37. The van der Waals surface area contributed by atoms with Gasteiger partial charge in [0.15, 0.2) is 0 Å². The van der Waals surface area contributed by atoms with Crippen molar-refractivity contribution in [3.63, 3.8) is 0 Å². The molecule has 1 N–H and O–H groups in total. The fraction of sp³-hybridized carbons (Fsp3) is 0.316. The molecule has 0 aliphatic rings. The van der Waals surface area contributed by atoms with Crippen molar-refractivity contribution in [1.82, 2.24) is 0 Å². The second-order valence-corrected chi connectivity index (χ2v) is 7.99. The average molecular weight is 392 g/mol. The van der Waals surface area contributed by atoms with Gasteiger partial charge in [0, 0.05) is 6.07 Å². The van der Waals surface area contributed by atoms with E-state index < -0.39 is 22.0 Å². The van der Waals surface area contributed by atoms with Crippen LogP contribution in [0.15, 0.2) is 42.5 Å². The fourth-order valence-corrected chi connectivity index (χ4v) is 3.88. The molecule has 0 fully saturated rings. The van der Waals surface area contributed by atoms with Crippen LogP contribution in [-0.2, 0) is 14.8 Å². The van der Waals surface area contributed by atoms with Crippen molar-refractivity contribution < 1.29 is 22.7 Å². The van der Waals surface area contributed by atoms with Gasteiger partial charge in [0.25, 0.3) is 0 Å². The second kappa shape index (κ2) is 8.30. The first-order valence-corrected chi connectivity index (χ1v) is 10.1. The molecule has 146 valence electrons. The number of methoxy groups -OCH3 is 2. The summed E-state index contributed by atoms with van der Waals surface area (Å²) in [5, 5.41) is 2.75. The van der Waals surface area contributed by atoms with Crippen LogP contribution in [-0.4, -0.2) is 40.8 Å². The van der Waals surface area contributed by atoms with Gasteiger partial charge in [-0.05, 0) is 43.7 Å². The molecule has 1 amide bonds. The van der Waals surface area contributed by atoms with Crippen LogP contribution in [0.25, 0.3) is 0 Å². The molecule has 1 atom stereocenters. The first kappa shape index (κ1) is 20.6. The van der Waals surface area contributed by atoms with Gasteiger partial charge in [-0.1, -0.05) is 12.1 Å². The highest BCUT2D eigenvalue weighted by molar-refractivity contribution is 7.92. The van der Waals surface area contributed by atoms with E-state index in [4.69, 9.17) is 9.47 Å². The van der Waals surface area contributed by atoms with Gasteiger partial charge in [0.1, 0.15) is 17.5 Å². The Bertz CT molecular complexity index is 927. The van der Waals surface area contributed by atoms with Gasteiger partial charge in [-0.2, -0.15) is 0 Å². The first-order chi connectivity index (χ1) is 12.7. The summed E-state index contributed by atoms with van der Waals surface area (Å²) in [4.78, 5) is 12.8. The monoisotopic (exact) mass is 392 g/mol. The van der Waals surface area contributed by atoms with Gasteiger partial charge >= 0.3 is 0 Å². The summed E-state index contributed by atoms with van der Waals surface area (Å²) in [6.45, 7) is 3.41. The predicted octanol–water partition coefficient (Wildman–Crippen LogP) is 2.81. The number of sulfonamides is 1. The molecule has 0 unspecified atom stereocenters. The summed E-state index contributed by atoms with van der Waals surface area (Å²) in [5.41, 5.74) is 1.76. The maximum Gasteiger partial charge on any atom is 0.248 e. The zero-order valence-electron chi connectivity index (χ0n) is 16.0. The molecular formula is C19H24N2O5S. The molecule has 0 aliphatic heterocycles. The number of ether oxygens (including phenoxy) is 2. The molecule has 2 rings (SSSR count). The number of rotatable bonds is 7. The minimum Gasteiger partial charge on any atom is -0.497 e. The van der Waals surface area contributed by atoms with Gasteiger partial charge in [0.05, 0.1) is 31.9 Å². The molecule has 0 radical (unpaired) electrons. The molecule has 0 aromatic heterocycles. The van der Waals surface area contributed by atoms with E-state index >= 15 is 0 Å². The van der Waals surface area contributed by atoms with Crippen molar-refractivity contribution in [2.45, 2.75) is 19.9 Å². The molecule has 0 saturated heterocycles. The predicted molar refractivity (Wildman–Crippen MR) is 106 cm³/mol. The van der Waals surface area contributed by atoms with E-state index in [1.807, 2.05) is 13.0 Å². The lowest BCUT2D eigenvalue weighted by molar-refractivity contribution is -0.116. The lowest BCUT2D eigenvalue weighted by Gasteiger charge is -2.28. The van der Waals surface area contributed by atoms with E-state index in [0.717, 1.165) is 16.1 Å². The maximum absolute atomic E-state index is 12.8. The van der Waals surface area contributed by atoms with E-state index in [2.05, 4.69) is 5.32 Å². The van der Waals surface area contributed by atoms with Crippen molar-refractivity contribution in [1.29, 1.82) is 0 Å². The summed E-state index contributed by atoms with van der Waals surface area (Å²) in [5.74, 6) is 0.509. The van der Waals surface area contributed by atoms with Gasteiger partial charge in [-0.25, -0.2) is 8.42 Å². The summed E-state index contributed by atoms with van der Waals surface area (Å²) >= 11 is 0. The van der Waals surface area contributed by atoms with E-state index in [0.29, 0.717) is 22.9 Å². The summed E-state index contributed by atoms with van der Waals surface area (Å²) in [7, 11) is -0.725. The molecule has 27 heavy (non-hydrogen) atoms. The van der Waals surface area contributed by atoms with Crippen LogP contribution in [0.5, 0.6) is 11.5 Å². The van der Waals surface area contributed by atoms with Crippen LogP contribution in [0.2, 0.25) is 0 Å². The molecule has 0 heterocycles. The van der Waals surface area contributed by atoms with Crippen LogP contribution in [0.4, 0.5) is 11.4 Å². The van der Waals surface area contributed by atoms with Crippen LogP contribution < -0.4 is 19.1 Å². The van der Waals surface area contributed by atoms with Gasteiger partial charge < -0.3 is 14.8 Å². The van der Waals surface area contributed by atoms with Crippen LogP contribution in [0, 0.1) is 6.92 Å². The third-order valence-electron chi connectivity index (χ3n) is 4.01. The SMILES string of the molecule is COc1cccc(N([C@@H](C)C(=O)Nc2cc(C)ccc2OC)S(C)(=O)=O)c1. The summed E-state index contributed by atoms with van der Waals surface area (Å²) in [6, 6.07) is 10.9. The summed E-state index contributed by atoms with van der Waals surface area (Å²) < 4.78 is 36.3. The molecule has 7 nitrogen and oxygen atoms in total. The Morgan fingerprint density at radius 2 is 1.81 bits per heavy atom. The topological polar surface area (TPSA) is 84.9 Å². The van der Waals surface area contributed by atoms with Crippen molar-refractivity contribution in [3.05, 3.63) is 48.0 Å². The number of carbonyl (C=O) groups excluding carboxylic acids is 1. The van der Waals surface area contributed by atoms with Gasteiger partial charge in [-0.15, -0.1) is 0 Å². The second-order valence-electron chi connectivity index (χ2n) is 6.13. The van der Waals surface area contributed by atoms with E-state index in [1.165, 1.54) is 21.1 Å². The molecule has 8 heteroatoms. The minimum atomic E-state index is -3.72. The molecule has 0 saturated carbocycles. The molecule has 2 aromatic rings. The smallest absolute Gasteiger partial charge is 0.248 e. The van der Waals surface area contributed by atoms with Crippen molar-refractivity contribution >= 4 is 27.3 Å². The van der Waals surface area contributed by atoms with Crippen LogP contribution in [0.3, 0.4) is 0 Å². The summed E-state index contributed by atoms with van der Waals surface area (Å²) in [6.07, 6.45) is 1.06. The molecule has 0 bridgehead atoms. The highest BCUT2D eigenvalue weighted by atomic mass is 32.2. The van der Waals surface area contributed by atoms with E-state index in [1.54, 1.807) is 36.4 Å². The Labute approximate surface area is 160 Å². The molecule has 0 aliphatic carbocycles. The minimum absolute atomic E-state index is 0.343. The lowest BCUT2D eigenvalue weighted by Crippen LogP contribution is -2.45. The number of hydrogen-bond acceptors (Lipinski definition) is 5. The van der Waals surface area contributed by atoms with Crippen LogP contribution in [0.1, 0.15) is 12.5 Å². The Morgan fingerprint density at radius 3 is 2.41 bits per heavy atom. The zero-order chi connectivity index (χ0) is 20.2. The fourth-order valence-electron chi connectivity index (χ4n) is 2.71. The van der Waals surface area contributed by atoms with Gasteiger partial charge in [0.2, 0.25) is 15.9 Å². The standard InChI is InChI=1S/C19H24N2O5S/c1-13-9-10-18(26-4)17(11-13)20-19(22)14(2)21(27(5,23)24)15-7-6-8-16(12-15)25-3/h6-12,14H,1-5H3,(H,20,22)/t14-/m0/s1. The van der Waals surface area contributed by atoms with E-state index in [-0.39, 0.29) is 0 Å². The number of anilines is 2. The number of carbonyl (C=O) groups is 1. The third-order valence-corrected chi connectivity index (χ3v) is 5.25. The largest absolute Gasteiger partial charge is 0.497 e. The molecular weight excluding hydrogens is 368 g/mol. The number of hydrogen-bond donors (Lipinski definition) is 1.